The largest absolute Gasteiger partial charge is 0.293 e. The molecule has 86 valence electrons. The first kappa shape index (κ1) is 12.6. The molecule has 2 heteroatoms. The highest BCUT2D eigenvalue weighted by Crippen LogP contribution is 2.40. The molecule has 1 unspecified atom stereocenters. The van der Waals surface area contributed by atoms with Crippen LogP contribution in [0, 0.1) is 5.41 Å². The van der Waals surface area contributed by atoms with Crippen LogP contribution in [0.4, 0.5) is 0 Å². The van der Waals surface area contributed by atoms with Crippen LogP contribution in [-0.4, -0.2) is 11.6 Å². The summed E-state index contributed by atoms with van der Waals surface area (Å²) >= 11 is 0. The van der Waals surface area contributed by atoms with Gasteiger partial charge in [-0.15, -0.1) is 0 Å². The molecular formula is C14H18O2. The van der Waals surface area contributed by atoms with Crippen molar-refractivity contribution in [1.82, 2.24) is 0 Å². The fourth-order valence-electron chi connectivity index (χ4n) is 1.91. The van der Waals surface area contributed by atoms with Crippen LogP contribution in [0.25, 0.3) is 0 Å². The van der Waals surface area contributed by atoms with Gasteiger partial charge in [-0.3, -0.25) is 9.59 Å². The Morgan fingerprint density at radius 3 is 2.12 bits per heavy atom. The van der Waals surface area contributed by atoms with Gasteiger partial charge in [0.25, 0.3) is 0 Å². The van der Waals surface area contributed by atoms with Gasteiger partial charge in [-0.2, -0.15) is 0 Å². The molecule has 0 aromatic carbocycles. The van der Waals surface area contributed by atoms with Crippen molar-refractivity contribution in [3.05, 3.63) is 35.5 Å². The van der Waals surface area contributed by atoms with E-state index in [1.807, 2.05) is 19.9 Å². The van der Waals surface area contributed by atoms with E-state index in [9.17, 15) is 9.59 Å². The number of rotatable bonds is 2. The van der Waals surface area contributed by atoms with Crippen LogP contribution in [-0.2, 0) is 9.59 Å². The van der Waals surface area contributed by atoms with Crippen LogP contribution in [0.15, 0.2) is 35.5 Å². The maximum Gasteiger partial charge on any atom is 0.177 e. The summed E-state index contributed by atoms with van der Waals surface area (Å²) in [5.41, 5.74) is 0.261. The van der Waals surface area contributed by atoms with Gasteiger partial charge in [0.15, 0.2) is 11.6 Å². The van der Waals surface area contributed by atoms with Gasteiger partial charge in [0, 0.05) is 11.1 Å². The summed E-state index contributed by atoms with van der Waals surface area (Å²) in [5.74, 6) is -0.0931. The average molecular weight is 218 g/mol. The number of hydrogen-bond acceptors (Lipinski definition) is 2. The summed E-state index contributed by atoms with van der Waals surface area (Å²) in [5, 5.41) is 0. The highest BCUT2D eigenvalue weighted by atomic mass is 16.2. The van der Waals surface area contributed by atoms with E-state index >= 15 is 0 Å². The minimum absolute atomic E-state index is 0.0433. The molecule has 0 bridgehead atoms. The van der Waals surface area contributed by atoms with Crippen LogP contribution < -0.4 is 0 Å². The van der Waals surface area contributed by atoms with E-state index in [2.05, 4.69) is 0 Å². The van der Waals surface area contributed by atoms with E-state index < -0.39 is 5.41 Å². The highest BCUT2D eigenvalue weighted by Gasteiger charge is 2.49. The molecule has 0 N–H and O–H groups in total. The molecule has 1 saturated carbocycles. The molecule has 0 spiro atoms. The van der Waals surface area contributed by atoms with Crippen molar-refractivity contribution in [2.45, 2.75) is 34.1 Å². The number of carbonyl (C=O) groups is 2. The molecule has 0 saturated heterocycles. The predicted octanol–water partition coefficient (Wildman–Crippen LogP) is 3.00. The lowest BCUT2D eigenvalue weighted by Gasteiger charge is -2.15. The molecule has 2 nitrogen and oxygen atoms in total. The van der Waals surface area contributed by atoms with Gasteiger partial charge < -0.3 is 0 Å². The first-order valence-electron chi connectivity index (χ1n) is 5.62. The number of carbonyl (C=O) groups excluding carboxylic acids is 2. The van der Waals surface area contributed by atoms with Crippen molar-refractivity contribution in [1.29, 1.82) is 0 Å². The fourth-order valence-corrected chi connectivity index (χ4v) is 1.91. The minimum Gasteiger partial charge on any atom is -0.293 e. The third-order valence-electron chi connectivity index (χ3n) is 3.23. The van der Waals surface area contributed by atoms with Gasteiger partial charge in [0.05, 0.1) is 5.41 Å². The van der Waals surface area contributed by atoms with Gasteiger partial charge in [-0.05, 0) is 27.2 Å². The molecule has 0 heterocycles. The van der Waals surface area contributed by atoms with Crippen LogP contribution in [0.1, 0.15) is 34.1 Å². The van der Waals surface area contributed by atoms with E-state index in [4.69, 9.17) is 0 Å². The van der Waals surface area contributed by atoms with Crippen LogP contribution in [0.2, 0.25) is 0 Å². The zero-order valence-corrected chi connectivity index (χ0v) is 10.3. The smallest absolute Gasteiger partial charge is 0.177 e. The summed E-state index contributed by atoms with van der Waals surface area (Å²) in [7, 11) is 0. The van der Waals surface area contributed by atoms with Crippen molar-refractivity contribution in [3.8, 4) is 0 Å². The molecule has 0 aromatic heterocycles. The Morgan fingerprint density at radius 2 is 1.69 bits per heavy atom. The lowest BCUT2D eigenvalue weighted by molar-refractivity contribution is -0.132. The van der Waals surface area contributed by atoms with Gasteiger partial charge >= 0.3 is 0 Å². The zero-order chi connectivity index (χ0) is 12.3. The lowest BCUT2D eigenvalue weighted by atomic mass is 9.83. The molecular weight excluding hydrogens is 200 g/mol. The second-order valence-electron chi connectivity index (χ2n) is 4.15. The summed E-state index contributed by atoms with van der Waals surface area (Å²) in [6.07, 6.45) is 7.66. The number of allylic oxidation sites excluding steroid dienone is 6. The Kier molecular flexibility index (Phi) is 3.63. The molecule has 1 rings (SSSR count). The van der Waals surface area contributed by atoms with Crippen LogP contribution >= 0.6 is 0 Å². The van der Waals surface area contributed by atoms with E-state index in [0.29, 0.717) is 17.6 Å². The third kappa shape index (κ3) is 1.69. The van der Waals surface area contributed by atoms with Crippen molar-refractivity contribution < 1.29 is 9.59 Å². The van der Waals surface area contributed by atoms with Gasteiger partial charge in [-0.25, -0.2) is 0 Å². The number of Topliss-reactive ketones (excluding diaryl/α,β-unsaturated/α-hetero) is 2. The van der Waals surface area contributed by atoms with Crippen molar-refractivity contribution in [2.24, 2.45) is 5.41 Å². The first-order valence-corrected chi connectivity index (χ1v) is 5.62. The molecule has 0 aliphatic heterocycles. The minimum atomic E-state index is -0.852. The molecule has 0 radical (unpaired) electrons. The summed E-state index contributed by atoms with van der Waals surface area (Å²) in [6.45, 7) is 7.29. The normalized spacial score (nSPS) is 31.2. The monoisotopic (exact) mass is 218 g/mol. The summed E-state index contributed by atoms with van der Waals surface area (Å²) in [6, 6.07) is 0. The second kappa shape index (κ2) is 4.60. The second-order valence-corrected chi connectivity index (χ2v) is 4.15. The zero-order valence-electron chi connectivity index (χ0n) is 10.3. The van der Waals surface area contributed by atoms with Gasteiger partial charge in [-0.1, -0.05) is 31.2 Å². The Bertz CT molecular complexity index is 410. The maximum absolute atomic E-state index is 12.2. The van der Waals surface area contributed by atoms with E-state index in [1.54, 1.807) is 32.1 Å². The quantitative estimate of drug-likeness (QED) is 0.527. The van der Waals surface area contributed by atoms with Crippen LogP contribution in [0.5, 0.6) is 0 Å². The van der Waals surface area contributed by atoms with Crippen LogP contribution in [0.3, 0.4) is 0 Å². The highest BCUT2D eigenvalue weighted by molar-refractivity contribution is 6.32. The lowest BCUT2D eigenvalue weighted by Crippen LogP contribution is -2.28. The summed E-state index contributed by atoms with van der Waals surface area (Å²) < 4.78 is 0. The first-order chi connectivity index (χ1) is 7.52. The number of hydrogen-bond donors (Lipinski definition) is 0. The van der Waals surface area contributed by atoms with E-state index in [-0.39, 0.29) is 11.6 Å². The molecule has 1 aliphatic carbocycles. The topological polar surface area (TPSA) is 34.1 Å². The van der Waals surface area contributed by atoms with Gasteiger partial charge in [0.2, 0.25) is 0 Å². The Balaban J connectivity index is 3.34. The van der Waals surface area contributed by atoms with Crippen molar-refractivity contribution in [3.63, 3.8) is 0 Å². The van der Waals surface area contributed by atoms with E-state index in [1.165, 1.54) is 0 Å². The predicted molar refractivity (Wildman–Crippen MR) is 65.1 cm³/mol. The molecule has 0 aromatic rings. The molecule has 16 heavy (non-hydrogen) atoms. The third-order valence-corrected chi connectivity index (χ3v) is 3.23. The summed E-state index contributed by atoms with van der Waals surface area (Å²) in [4.78, 5) is 24.3. The Morgan fingerprint density at radius 1 is 1.12 bits per heavy atom. The Hall–Kier alpha value is -1.44. The van der Waals surface area contributed by atoms with Gasteiger partial charge in [0.1, 0.15) is 0 Å². The number of ketones is 2. The fraction of sp³-hybridized carbons (Fsp3) is 0.429. The average Bonchev–Trinajstić information content (AvgIpc) is 2.48. The Labute approximate surface area is 96.7 Å². The van der Waals surface area contributed by atoms with Crippen molar-refractivity contribution >= 4 is 11.6 Å². The standard InChI is InChI=1S/C14H18O2/c1-5-8-9-11-10(6-2)12(15)14(4,7-3)13(11)16/h5-6,8-9H,7H2,1-4H3/b8-5-,10-6+,11-9+. The SMILES string of the molecule is C\C=C/C=C1/C(=O)C(C)(CC)C(=O)/C1=C/C. The maximum atomic E-state index is 12.2. The molecule has 1 aliphatic rings. The van der Waals surface area contributed by atoms with E-state index in [0.717, 1.165) is 0 Å². The molecule has 1 fully saturated rings. The molecule has 1 atom stereocenters. The molecule has 0 amide bonds. The van der Waals surface area contributed by atoms with Crippen molar-refractivity contribution in [2.75, 3.05) is 0 Å².